The maximum absolute atomic E-state index is 12.0. The smallest absolute Gasteiger partial charge is 0.315 e. The van der Waals surface area contributed by atoms with Crippen LogP contribution in [-0.2, 0) is 4.74 Å². The van der Waals surface area contributed by atoms with Crippen molar-refractivity contribution < 1.29 is 14.6 Å². The Bertz CT molecular complexity index is 348. The van der Waals surface area contributed by atoms with Crippen LogP contribution in [0.2, 0.25) is 0 Å². The Morgan fingerprint density at radius 1 is 1.32 bits per heavy atom. The summed E-state index contributed by atoms with van der Waals surface area (Å²) in [6.45, 7) is 5.18. The Labute approximate surface area is 134 Å². The van der Waals surface area contributed by atoms with Crippen molar-refractivity contribution in [2.45, 2.75) is 83.0 Å². The fourth-order valence-corrected chi connectivity index (χ4v) is 3.86. The summed E-state index contributed by atoms with van der Waals surface area (Å²) in [5.74, 6) is 0.283. The van der Waals surface area contributed by atoms with Gasteiger partial charge in [-0.2, -0.15) is 0 Å². The van der Waals surface area contributed by atoms with Crippen molar-refractivity contribution in [3.8, 4) is 0 Å². The minimum Gasteiger partial charge on any atom is -0.393 e. The molecular weight excluding hydrogens is 280 g/mol. The first-order valence-electron chi connectivity index (χ1n) is 8.85. The molecule has 2 fully saturated rings. The second-order valence-corrected chi connectivity index (χ2v) is 7.33. The van der Waals surface area contributed by atoms with Crippen LogP contribution in [-0.4, -0.2) is 42.0 Å². The zero-order valence-electron chi connectivity index (χ0n) is 14.1. The Morgan fingerprint density at radius 2 is 2.05 bits per heavy atom. The molecule has 2 aliphatic rings. The van der Waals surface area contributed by atoms with Crippen LogP contribution in [0.1, 0.15) is 65.2 Å². The molecule has 3 atom stereocenters. The maximum Gasteiger partial charge on any atom is 0.315 e. The predicted octanol–water partition coefficient (Wildman–Crippen LogP) is 2.57. The molecule has 5 heteroatoms. The molecule has 0 bridgehead atoms. The van der Waals surface area contributed by atoms with E-state index in [0.717, 1.165) is 32.3 Å². The van der Waals surface area contributed by atoms with Crippen molar-refractivity contribution in [1.82, 2.24) is 10.6 Å². The first-order valence-corrected chi connectivity index (χ1v) is 8.85. The molecule has 1 aliphatic carbocycles. The quantitative estimate of drug-likeness (QED) is 0.731. The molecular formula is C17H32N2O3. The van der Waals surface area contributed by atoms with E-state index in [1.54, 1.807) is 6.92 Å². The highest BCUT2D eigenvalue weighted by atomic mass is 16.5. The van der Waals surface area contributed by atoms with E-state index in [2.05, 4.69) is 10.6 Å². The second kappa shape index (κ2) is 8.16. The normalized spacial score (nSPS) is 27.1. The van der Waals surface area contributed by atoms with E-state index in [1.807, 2.05) is 6.92 Å². The summed E-state index contributed by atoms with van der Waals surface area (Å²) in [4.78, 5) is 12.0. The minimum absolute atomic E-state index is 0.0219. The van der Waals surface area contributed by atoms with Gasteiger partial charge in [-0.3, -0.25) is 0 Å². The number of amides is 2. The van der Waals surface area contributed by atoms with E-state index < -0.39 is 0 Å². The van der Waals surface area contributed by atoms with Crippen LogP contribution in [0.4, 0.5) is 4.79 Å². The molecule has 1 saturated carbocycles. The number of aliphatic hydroxyl groups excluding tert-OH is 1. The molecule has 1 aliphatic heterocycles. The fraction of sp³-hybridized carbons (Fsp3) is 0.941. The molecule has 3 N–H and O–H groups in total. The van der Waals surface area contributed by atoms with E-state index in [0.29, 0.717) is 13.0 Å². The summed E-state index contributed by atoms with van der Waals surface area (Å²) in [5, 5.41) is 15.4. The van der Waals surface area contributed by atoms with Gasteiger partial charge in [0, 0.05) is 19.2 Å². The molecule has 5 nitrogen and oxygen atoms in total. The molecule has 1 heterocycles. The SMILES string of the molecule is CC(O)CC(C)CNC(=O)NC1CCOC2(CCCCC2)C1. The lowest BCUT2D eigenvalue weighted by Crippen LogP contribution is -2.51. The van der Waals surface area contributed by atoms with Crippen molar-refractivity contribution in [1.29, 1.82) is 0 Å². The Kier molecular flexibility index (Phi) is 6.50. The first-order chi connectivity index (χ1) is 10.5. The highest BCUT2D eigenvalue weighted by molar-refractivity contribution is 5.74. The summed E-state index contributed by atoms with van der Waals surface area (Å²) in [5.41, 5.74) is 0.0219. The number of carbonyl (C=O) groups excluding carboxylic acids is 1. The van der Waals surface area contributed by atoms with Gasteiger partial charge in [-0.15, -0.1) is 0 Å². The number of hydrogen-bond acceptors (Lipinski definition) is 3. The second-order valence-electron chi connectivity index (χ2n) is 7.33. The zero-order valence-corrected chi connectivity index (χ0v) is 14.1. The van der Waals surface area contributed by atoms with E-state index in [1.165, 1.54) is 19.3 Å². The largest absolute Gasteiger partial charge is 0.393 e. The molecule has 22 heavy (non-hydrogen) atoms. The molecule has 3 unspecified atom stereocenters. The van der Waals surface area contributed by atoms with Gasteiger partial charge in [0.2, 0.25) is 0 Å². The Hall–Kier alpha value is -0.810. The Morgan fingerprint density at radius 3 is 2.73 bits per heavy atom. The summed E-state index contributed by atoms with van der Waals surface area (Å²) in [6.07, 6.45) is 8.32. The summed E-state index contributed by atoms with van der Waals surface area (Å²) in [7, 11) is 0. The molecule has 0 aromatic heterocycles. The van der Waals surface area contributed by atoms with Gasteiger partial charge >= 0.3 is 6.03 Å². The van der Waals surface area contributed by atoms with Crippen molar-refractivity contribution in [2.75, 3.05) is 13.2 Å². The summed E-state index contributed by atoms with van der Waals surface area (Å²) in [6, 6.07) is 0.134. The number of hydrogen-bond donors (Lipinski definition) is 3. The van der Waals surface area contributed by atoms with Gasteiger partial charge in [-0.05, 0) is 44.9 Å². The third-order valence-electron chi connectivity index (χ3n) is 4.95. The Balaban J connectivity index is 1.72. The van der Waals surface area contributed by atoms with Crippen molar-refractivity contribution in [3.63, 3.8) is 0 Å². The molecule has 0 aromatic carbocycles. The van der Waals surface area contributed by atoms with Crippen LogP contribution in [0.5, 0.6) is 0 Å². The van der Waals surface area contributed by atoms with Crippen molar-refractivity contribution >= 4 is 6.03 Å². The third kappa shape index (κ3) is 5.43. The topological polar surface area (TPSA) is 70.6 Å². The van der Waals surface area contributed by atoms with Gasteiger partial charge in [0.25, 0.3) is 0 Å². The van der Waals surface area contributed by atoms with Gasteiger partial charge in [-0.1, -0.05) is 26.2 Å². The minimum atomic E-state index is -0.318. The summed E-state index contributed by atoms with van der Waals surface area (Å²) >= 11 is 0. The highest BCUT2D eigenvalue weighted by Crippen LogP contribution is 2.38. The number of rotatable bonds is 5. The van der Waals surface area contributed by atoms with Crippen LogP contribution in [0, 0.1) is 5.92 Å². The van der Waals surface area contributed by atoms with Crippen LogP contribution < -0.4 is 10.6 Å². The van der Waals surface area contributed by atoms with Crippen LogP contribution >= 0.6 is 0 Å². The van der Waals surface area contributed by atoms with Crippen LogP contribution in [0.25, 0.3) is 0 Å². The van der Waals surface area contributed by atoms with Gasteiger partial charge in [0.15, 0.2) is 0 Å². The summed E-state index contributed by atoms with van der Waals surface area (Å²) < 4.78 is 6.06. The van der Waals surface area contributed by atoms with E-state index in [9.17, 15) is 9.90 Å². The van der Waals surface area contributed by atoms with Crippen LogP contribution in [0.3, 0.4) is 0 Å². The lowest BCUT2D eigenvalue weighted by atomic mass is 9.78. The van der Waals surface area contributed by atoms with E-state index in [4.69, 9.17) is 4.74 Å². The molecule has 128 valence electrons. The molecule has 2 rings (SSSR count). The zero-order chi connectivity index (χ0) is 16.0. The van der Waals surface area contributed by atoms with Gasteiger partial charge in [0.05, 0.1) is 11.7 Å². The maximum atomic E-state index is 12.0. The molecule has 1 spiro atoms. The molecule has 2 amide bonds. The van der Waals surface area contributed by atoms with Gasteiger partial charge < -0.3 is 20.5 Å². The molecule has 1 saturated heterocycles. The molecule has 0 aromatic rings. The average molecular weight is 312 g/mol. The third-order valence-corrected chi connectivity index (χ3v) is 4.95. The number of urea groups is 1. The standard InChI is InChI=1S/C17H32N2O3/c1-13(10-14(2)20)12-18-16(21)19-15-6-9-22-17(11-15)7-4-3-5-8-17/h13-15,20H,3-12H2,1-2H3,(H2,18,19,21). The highest BCUT2D eigenvalue weighted by Gasteiger charge is 2.38. The van der Waals surface area contributed by atoms with Gasteiger partial charge in [-0.25, -0.2) is 4.79 Å². The predicted molar refractivity (Wildman–Crippen MR) is 86.8 cm³/mol. The number of aliphatic hydroxyl groups is 1. The lowest BCUT2D eigenvalue weighted by molar-refractivity contribution is -0.107. The first kappa shape index (κ1) is 17.5. The lowest BCUT2D eigenvalue weighted by Gasteiger charge is -2.43. The number of carbonyl (C=O) groups is 1. The van der Waals surface area contributed by atoms with E-state index >= 15 is 0 Å². The molecule has 0 radical (unpaired) electrons. The van der Waals surface area contributed by atoms with E-state index in [-0.39, 0.29) is 29.7 Å². The number of ether oxygens (including phenoxy) is 1. The van der Waals surface area contributed by atoms with Crippen molar-refractivity contribution in [2.24, 2.45) is 5.92 Å². The average Bonchev–Trinajstić information content (AvgIpc) is 2.45. The van der Waals surface area contributed by atoms with Gasteiger partial charge in [0.1, 0.15) is 0 Å². The van der Waals surface area contributed by atoms with Crippen LogP contribution in [0.15, 0.2) is 0 Å². The number of nitrogens with one attached hydrogen (secondary N) is 2. The monoisotopic (exact) mass is 312 g/mol. The fourth-order valence-electron chi connectivity index (χ4n) is 3.86. The van der Waals surface area contributed by atoms with Crippen molar-refractivity contribution in [3.05, 3.63) is 0 Å².